The fourth-order valence-corrected chi connectivity index (χ4v) is 2.86. The van der Waals surface area contributed by atoms with E-state index in [2.05, 4.69) is 0 Å². The summed E-state index contributed by atoms with van der Waals surface area (Å²) in [5, 5.41) is 87.7. The Labute approximate surface area is 130 Å². The molecule has 2 saturated heterocycles. The van der Waals surface area contributed by atoms with E-state index in [9.17, 15) is 35.7 Å². The van der Waals surface area contributed by atoms with Crippen molar-refractivity contribution in [3.8, 4) is 0 Å². The van der Waals surface area contributed by atoms with E-state index in [1.807, 2.05) is 0 Å². The zero-order chi connectivity index (χ0) is 17.5. The summed E-state index contributed by atoms with van der Waals surface area (Å²) in [6.07, 6.45) is -16.1. The van der Waals surface area contributed by atoms with Crippen molar-refractivity contribution in [3.63, 3.8) is 0 Å². The first kappa shape index (κ1) is 18.9. The van der Waals surface area contributed by atoms with Gasteiger partial charge in [-0.1, -0.05) is 0 Å². The minimum absolute atomic E-state index is 0.776. The molecule has 0 saturated carbocycles. The van der Waals surface area contributed by atoms with E-state index in [4.69, 9.17) is 19.7 Å². The van der Waals surface area contributed by atoms with E-state index < -0.39 is 73.9 Å². The number of aliphatic hydroxyl groups excluding tert-OH is 8. The van der Waals surface area contributed by atoms with Crippen LogP contribution in [0, 0.1) is 0 Å². The molecule has 2 rings (SSSR count). The highest BCUT2D eigenvalue weighted by Crippen LogP contribution is 2.37. The third-order valence-electron chi connectivity index (χ3n) is 4.30. The predicted molar refractivity (Wildman–Crippen MR) is 68.7 cm³/mol. The second-order valence-electron chi connectivity index (χ2n) is 5.77. The normalized spacial score (nSPS) is 54.9. The highest BCUT2D eigenvalue weighted by atomic mass is 16.7. The van der Waals surface area contributed by atoms with Gasteiger partial charge in [-0.05, 0) is 0 Å². The van der Waals surface area contributed by atoms with Gasteiger partial charge in [-0.15, -0.1) is 0 Å². The van der Waals surface area contributed by atoms with E-state index in [1.54, 1.807) is 0 Å². The van der Waals surface area contributed by atoms with Crippen LogP contribution >= 0.6 is 0 Å². The first-order valence-corrected chi connectivity index (χ1v) is 7.04. The molecule has 0 bridgehead atoms. The van der Waals surface area contributed by atoms with Gasteiger partial charge in [0, 0.05) is 0 Å². The fourth-order valence-electron chi connectivity index (χ4n) is 2.86. The Bertz CT molecular complexity index is 404. The average Bonchev–Trinajstić information content (AvgIpc) is 2.54. The molecule has 0 spiro atoms. The smallest absolute Gasteiger partial charge is 0.225 e. The Balaban J connectivity index is 2.33. The molecular formula is C12H22O11. The second kappa shape index (κ2) is 6.82. The van der Waals surface area contributed by atoms with Crippen molar-refractivity contribution >= 4 is 0 Å². The Kier molecular flexibility index (Phi) is 5.60. The van der Waals surface area contributed by atoms with Crippen LogP contribution in [0.25, 0.3) is 0 Å². The van der Waals surface area contributed by atoms with Crippen LogP contribution in [0.2, 0.25) is 0 Å². The molecule has 11 nitrogen and oxygen atoms in total. The monoisotopic (exact) mass is 342 g/mol. The second-order valence-corrected chi connectivity index (χ2v) is 5.77. The van der Waals surface area contributed by atoms with E-state index in [-0.39, 0.29) is 0 Å². The Morgan fingerprint density at radius 3 is 1.74 bits per heavy atom. The van der Waals surface area contributed by atoms with Gasteiger partial charge in [0.2, 0.25) is 5.79 Å². The molecule has 1 unspecified atom stereocenters. The lowest BCUT2D eigenvalue weighted by molar-refractivity contribution is -0.406. The summed E-state index contributed by atoms with van der Waals surface area (Å²) in [6.45, 7) is -1.60. The van der Waals surface area contributed by atoms with Gasteiger partial charge in [0.25, 0.3) is 0 Å². The SMILES string of the molecule is OC[C@H]1OC([C@]2(O)O[C@H](CO)[C@@H](O)[C@H](O)[C@H]2O)[C@H](O)[C@@H](O)[C@H]1O. The molecule has 0 radical (unpaired) electrons. The molecule has 0 amide bonds. The number of ether oxygens (including phenoxy) is 2. The van der Waals surface area contributed by atoms with Crippen molar-refractivity contribution in [2.75, 3.05) is 13.2 Å². The highest BCUT2D eigenvalue weighted by molar-refractivity contribution is 5.05. The Morgan fingerprint density at radius 2 is 1.22 bits per heavy atom. The van der Waals surface area contributed by atoms with Crippen LogP contribution in [0.3, 0.4) is 0 Å². The van der Waals surface area contributed by atoms with Gasteiger partial charge >= 0.3 is 0 Å². The van der Waals surface area contributed by atoms with Crippen LogP contribution in [0.1, 0.15) is 0 Å². The zero-order valence-electron chi connectivity index (χ0n) is 12.0. The summed E-state index contributed by atoms with van der Waals surface area (Å²) in [5.41, 5.74) is 0. The lowest BCUT2D eigenvalue weighted by atomic mass is 9.83. The summed E-state index contributed by atoms with van der Waals surface area (Å²) in [4.78, 5) is 0. The Morgan fingerprint density at radius 1 is 0.696 bits per heavy atom. The molecule has 2 aliphatic heterocycles. The van der Waals surface area contributed by atoms with Crippen LogP contribution in [-0.4, -0.2) is 120 Å². The molecule has 0 aromatic rings. The third kappa shape index (κ3) is 2.99. The van der Waals surface area contributed by atoms with Crippen LogP contribution in [0.5, 0.6) is 0 Å². The molecule has 0 aromatic carbocycles. The quantitative estimate of drug-likeness (QED) is 0.236. The molecule has 2 heterocycles. The van der Waals surface area contributed by atoms with Crippen LogP contribution in [0.15, 0.2) is 0 Å². The van der Waals surface area contributed by atoms with Crippen molar-refractivity contribution < 1.29 is 55.4 Å². The van der Waals surface area contributed by atoms with Gasteiger partial charge in [-0.2, -0.15) is 0 Å². The number of rotatable bonds is 3. The molecule has 2 aliphatic rings. The van der Waals surface area contributed by atoms with Crippen molar-refractivity contribution in [1.29, 1.82) is 0 Å². The van der Waals surface area contributed by atoms with Crippen LogP contribution in [0.4, 0.5) is 0 Å². The maximum absolute atomic E-state index is 10.5. The average molecular weight is 342 g/mol. The van der Waals surface area contributed by atoms with Gasteiger partial charge < -0.3 is 55.4 Å². The van der Waals surface area contributed by atoms with Crippen molar-refractivity contribution in [3.05, 3.63) is 0 Å². The number of hydrogen-bond donors (Lipinski definition) is 9. The molecule has 11 heteroatoms. The Hall–Kier alpha value is -0.440. The zero-order valence-corrected chi connectivity index (χ0v) is 12.0. The lowest BCUT2D eigenvalue weighted by Crippen LogP contribution is -2.75. The highest BCUT2D eigenvalue weighted by Gasteiger charge is 2.62. The van der Waals surface area contributed by atoms with Gasteiger partial charge in [-0.25, -0.2) is 0 Å². The summed E-state index contributed by atoms with van der Waals surface area (Å²) in [6, 6.07) is 0. The van der Waals surface area contributed by atoms with Crippen molar-refractivity contribution in [2.45, 2.75) is 60.7 Å². The lowest BCUT2D eigenvalue weighted by Gasteiger charge is -2.52. The largest absolute Gasteiger partial charge is 0.394 e. The molecule has 9 N–H and O–H groups in total. The van der Waals surface area contributed by atoms with Crippen molar-refractivity contribution in [1.82, 2.24) is 0 Å². The number of hydrogen-bond acceptors (Lipinski definition) is 11. The maximum Gasteiger partial charge on any atom is 0.225 e. The molecule has 136 valence electrons. The summed E-state index contributed by atoms with van der Waals surface area (Å²) < 4.78 is 10.1. The first-order chi connectivity index (χ1) is 10.7. The summed E-state index contributed by atoms with van der Waals surface area (Å²) in [5.74, 6) is -2.82. The first-order valence-electron chi connectivity index (χ1n) is 7.04. The minimum Gasteiger partial charge on any atom is -0.394 e. The van der Waals surface area contributed by atoms with Crippen molar-refractivity contribution in [2.24, 2.45) is 0 Å². The van der Waals surface area contributed by atoms with Crippen LogP contribution in [-0.2, 0) is 9.47 Å². The third-order valence-corrected chi connectivity index (χ3v) is 4.30. The maximum atomic E-state index is 10.5. The molecule has 0 aliphatic carbocycles. The standard InChI is InChI=1S/C12H22O11/c13-1-3-5(15)7(17)9(19)11(22-3)12(21)10(20)8(18)6(16)4(2-14)23-12/h3-11,13-21H,1-2H2/t3-,4-,5+,6-,7+,8+,9-,10-,11?,12-/m1/s1. The molecule has 10 atom stereocenters. The van der Waals surface area contributed by atoms with E-state index >= 15 is 0 Å². The summed E-state index contributed by atoms with van der Waals surface area (Å²) in [7, 11) is 0. The molecule has 23 heavy (non-hydrogen) atoms. The summed E-state index contributed by atoms with van der Waals surface area (Å²) >= 11 is 0. The number of aliphatic hydroxyl groups is 9. The predicted octanol–water partition coefficient (Wildman–Crippen LogP) is -6.01. The van der Waals surface area contributed by atoms with E-state index in [1.165, 1.54) is 0 Å². The van der Waals surface area contributed by atoms with Gasteiger partial charge in [-0.3, -0.25) is 0 Å². The topological polar surface area (TPSA) is 201 Å². The minimum atomic E-state index is -2.82. The van der Waals surface area contributed by atoms with Gasteiger partial charge in [0.15, 0.2) is 0 Å². The van der Waals surface area contributed by atoms with Gasteiger partial charge in [0.1, 0.15) is 54.9 Å². The molecular weight excluding hydrogens is 320 g/mol. The van der Waals surface area contributed by atoms with E-state index in [0.29, 0.717) is 0 Å². The molecule has 2 fully saturated rings. The fraction of sp³-hybridized carbons (Fsp3) is 1.00. The van der Waals surface area contributed by atoms with E-state index in [0.717, 1.165) is 0 Å². The van der Waals surface area contributed by atoms with Crippen LogP contribution < -0.4 is 0 Å². The molecule has 0 aromatic heterocycles. The van der Waals surface area contributed by atoms with Gasteiger partial charge in [0.05, 0.1) is 13.2 Å².